The van der Waals surface area contributed by atoms with Gasteiger partial charge in [0.1, 0.15) is 12.1 Å². The molecule has 0 unspecified atom stereocenters. The van der Waals surface area contributed by atoms with Gasteiger partial charge in [-0.05, 0) is 31.0 Å². The number of para-hydroxylation sites is 1. The first-order chi connectivity index (χ1) is 14.6. The largest absolute Gasteiger partial charge is 0.310 e. The minimum Gasteiger partial charge on any atom is -0.310 e. The number of hydrogen-bond donors (Lipinski definition) is 1. The van der Waals surface area contributed by atoms with Crippen molar-refractivity contribution < 1.29 is 4.79 Å². The maximum atomic E-state index is 12.5. The lowest BCUT2D eigenvalue weighted by Gasteiger charge is -2.10. The zero-order valence-electron chi connectivity index (χ0n) is 16.8. The fourth-order valence-electron chi connectivity index (χ4n) is 3.18. The normalized spacial score (nSPS) is 10.9. The molecule has 1 amide bonds. The van der Waals surface area contributed by atoms with Crippen LogP contribution >= 0.6 is 11.8 Å². The number of benzene rings is 2. The van der Waals surface area contributed by atoms with Crippen LogP contribution in [0.4, 0.5) is 5.82 Å². The fourth-order valence-corrected chi connectivity index (χ4v) is 3.90. The van der Waals surface area contributed by atoms with Gasteiger partial charge < -0.3 is 5.32 Å². The number of nitrogens with zero attached hydrogens (tertiary/aromatic N) is 5. The SMILES string of the molecule is Cc1cccc(Cn2nccc2NC(=O)CSc2nncn2-c2ccccc2C)c1. The van der Waals surface area contributed by atoms with Gasteiger partial charge >= 0.3 is 0 Å². The van der Waals surface area contributed by atoms with Crippen LogP contribution in [0.25, 0.3) is 5.69 Å². The van der Waals surface area contributed by atoms with Crippen LogP contribution in [0.3, 0.4) is 0 Å². The van der Waals surface area contributed by atoms with E-state index in [-0.39, 0.29) is 11.7 Å². The molecule has 1 N–H and O–H groups in total. The Hall–Kier alpha value is -3.39. The molecule has 0 saturated heterocycles. The van der Waals surface area contributed by atoms with Crippen molar-refractivity contribution in [2.45, 2.75) is 25.5 Å². The Morgan fingerprint density at radius 2 is 1.97 bits per heavy atom. The molecule has 0 atom stereocenters. The molecule has 0 bridgehead atoms. The summed E-state index contributed by atoms with van der Waals surface area (Å²) in [6.07, 6.45) is 3.35. The molecule has 0 radical (unpaired) electrons. The molecule has 152 valence electrons. The highest BCUT2D eigenvalue weighted by Gasteiger charge is 2.13. The van der Waals surface area contributed by atoms with Crippen molar-refractivity contribution in [3.8, 4) is 5.69 Å². The van der Waals surface area contributed by atoms with Gasteiger partial charge in [0.15, 0.2) is 5.16 Å². The first-order valence-corrected chi connectivity index (χ1v) is 10.5. The molecule has 0 aliphatic heterocycles. The van der Waals surface area contributed by atoms with Crippen molar-refractivity contribution in [1.29, 1.82) is 0 Å². The predicted octanol–water partition coefficient (Wildman–Crippen LogP) is 3.86. The van der Waals surface area contributed by atoms with Crippen molar-refractivity contribution in [3.63, 3.8) is 0 Å². The summed E-state index contributed by atoms with van der Waals surface area (Å²) in [5.74, 6) is 0.771. The quantitative estimate of drug-likeness (QED) is 0.461. The second-order valence-electron chi connectivity index (χ2n) is 6.97. The van der Waals surface area contributed by atoms with E-state index in [9.17, 15) is 4.79 Å². The number of amides is 1. The van der Waals surface area contributed by atoms with Gasteiger partial charge in [0.2, 0.25) is 5.91 Å². The molecule has 4 rings (SSSR count). The molecule has 0 aliphatic rings. The minimum absolute atomic E-state index is 0.120. The number of carbonyl (C=O) groups is 1. The van der Waals surface area contributed by atoms with Crippen LogP contribution in [0.5, 0.6) is 0 Å². The van der Waals surface area contributed by atoms with Crippen LogP contribution in [-0.4, -0.2) is 36.2 Å². The molecule has 7 nitrogen and oxygen atoms in total. The smallest absolute Gasteiger partial charge is 0.235 e. The molecule has 4 aromatic rings. The maximum Gasteiger partial charge on any atom is 0.235 e. The summed E-state index contributed by atoms with van der Waals surface area (Å²) < 4.78 is 3.68. The molecular formula is C22H22N6OS. The standard InChI is InChI=1S/C22H22N6OS/c1-16-6-5-8-18(12-16)13-28-20(10-11-24-28)25-21(29)14-30-22-26-23-15-27(22)19-9-4-3-7-17(19)2/h3-12,15H,13-14H2,1-2H3,(H,25,29). The van der Waals surface area contributed by atoms with Gasteiger partial charge in [0.05, 0.1) is 24.2 Å². The van der Waals surface area contributed by atoms with Crippen molar-refractivity contribution >= 4 is 23.5 Å². The average molecular weight is 419 g/mol. The van der Waals surface area contributed by atoms with Crippen molar-refractivity contribution in [1.82, 2.24) is 24.5 Å². The molecule has 2 aromatic carbocycles. The molecule has 0 saturated carbocycles. The van der Waals surface area contributed by atoms with Gasteiger partial charge in [-0.3, -0.25) is 9.36 Å². The Morgan fingerprint density at radius 1 is 1.10 bits per heavy atom. The van der Waals surface area contributed by atoms with Crippen molar-refractivity contribution in [3.05, 3.63) is 83.8 Å². The summed E-state index contributed by atoms with van der Waals surface area (Å²) in [5.41, 5.74) is 4.44. The highest BCUT2D eigenvalue weighted by atomic mass is 32.2. The number of thioether (sulfide) groups is 1. The van der Waals surface area contributed by atoms with E-state index in [0.717, 1.165) is 16.8 Å². The molecule has 0 fully saturated rings. The monoisotopic (exact) mass is 418 g/mol. The molecule has 2 aromatic heterocycles. The predicted molar refractivity (Wildman–Crippen MR) is 118 cm³/mol. The molecule has 30 heavy (non-hydrogen) atoms. The van der Waals surface area contributed by atoms with Gasteiger partial charge in [-0.15, -0.1) is 10.2 Å². The fraction of sp³-hybridized carbons (Fsp3) is 0.182. The van der Waals surface area contributed by atoms with Gasteiger partial charge in [0.25, 0.3) is 0 Å². The molecular weight excluding hydrogens is 396 g/mol. The lowest BCUT2D eigenvalue weighted by Crippen LogP contribution is -2.18. The van der Waals surface area contributed by atoms with Gasteiger partial charge in [0, 0.05) is 6.07 Å². The number of carbonyl (C=O) groups excluding carboxylic acids is 1. The van der Waals surface area contributed by atoms with Gasteiger partial charge in [-0.2, -0.15) is 5.10 Å². The number of nitrogens with one attached hydrogen (secondary N) is 1. The molecule has 0 spiro atoms. The van der Waals surface area contributed by atoms with Crippen molar-refractivity contribution in [2.24, 2.45) is 0 Å². The van der Waals surface area contributed by atoms with E-state index < -0.39 is 0 Å². The Bertz CT molecular complexity index is 1170. The zero-order chi connectivity index (χ0) is 20.9. The summed E-state index contributed by atoms with van der Waals surface area (Å²) in [6.45, 7) is 4.69. The summed E-state index contributed by atoms with van der Waals surface area (Å²) in [5, 5.41) is 16.1. The first-order valence-electron chi connectivity index (χ1n) is 9.56. The second kappa shape index (κ2) is 8.96. The Balaban J connectivity index is 1.40. The Morgan fingerprint density at radius 3 is 2.80 bits per heavy atom. The number of aryl methyl sites for hydroxylation is 2. The molecule has 8 heteroatoms. The van der Waals surface area contributed by atoms with E-state index in [0.29, 0.717) is 17.5 Å². The van der Waals surface area contributed by atoms with Gasteiger partial charge in [-0.1, -0.05) is 59.8 Å². The molecule has 0 aliphatic carbocycles. The highest BCUT2D eigenvalue weighted by molar-refractivity contribution is 7.99. The Labute approximate surface area is 179 Å². The third-order valence-corrected chi connectivity index (χ3v) is 5.57. The van der Waals surface area contributed by atoms with Gasteiger partial charge in [-0.25, -0.2) is 4.68 Å². The number of anilines is 1. The van der Waals surface area contributed by atoms with Crippen LogP contribution in [0, 0.1) is 13.8 Å². The maximum absolute atomic E-state index is 12.5. The minimum atomic E-state index is -0.120. The van der Waals surface area contributed by atoms with E-state index in [2.05, 4.69) is 45.7 Å². The van der Waals surface area contributed by atoms with Crippen LogP contribution in [0.2, 0.25) is 0 Å². The van der Waals surface area contributed by atoms with Crippen LogP contribution in [0.15, 0.2) is 72.3 Å². The molecule has 2 heterocycles. The summed E-state index contributed by atoms with van der Waals surface area (Å²) in [4.78, 5) is 12.5. The summed E-state index contributed by atoms with van der Waals surface area (Å²) in [6, 6.07) is 18.0. The van der Waals surface area contributed by atoms with E-state index in [4.69, 9.17) is 0 Å². The third kappa shape index (κ3) is 4.60. The zero-order valence-corrected chi connectivity index (χ0v) is 17.6. The Kier molecular flexibility index (Phi) is 5.94. The second-order valence-corrected chi connectivity index (χ2v) is 7.91. The van der Waals surface area contributed by atoms with Crippen LogP contribution in [-0.2, 0) is 11.3 Å². The summed E-state index contributed by atoms with van der Waals surface area (Å²) in [7, 11) is 0. The van der Waals surface area contributed by atoms with E-state index in [1.807, 2.05) is 41.8 Å². The summed E-state index contributed by atoms with van der Waals surface area (Å²) >= 11 is 1.35. The van der Waals surface area contributed by atoms with Crippen LogP contribution in [0.1, 0.15) is 16.7 Å². The lowest BCUT2D eigenvalue weighted by molar-refractivity contribution is -0.113. The topological polar surface area (TPSA) is 77.6 Å². The number of aromatic nitrogens is 5. The lowest BCUT2D eigenvalue weighted by atomic mass is 10.1. The van der Waals surface area contributed by atoms with E-state index in [1.165, 1.54) is 17.3 Å². The first kappa shape index (κ1) is 19.9. The van der Waals surface area contributed by atoms with E-state index >= 15 is 0 Å². The highest BCUT2D eigenvalue weighted by Crippen LogP contribution is 2.22. The van der Waals surface area contributed by atoms with Crippen molar-refractivity contribution in [2.75, 3.05) is 11.1 Å². The number of hydrogen-bond acceptors (Lipinski definition) is 5. The average Bonchev–Trinajstić information content (AvgIpc) is 3.36. The number of rotatable bonds is 7. The van der Waals surface area contributed by atoms with E-state index in [1.54, 1.807) is 23.3 Å². The third-order valence-electron chi connectivity index (χ3n) is 4.62. The van der Waals surface area contributed by atoms with Crippen LogP contribution < -0.4 is 5.32 Å².